The van der Waals surface area contributed by atoms with Gasteiger partial charge in [0.1, 0.15) is 6.61 Å². The van der Waals surface area contributed by atoms with E-state index in [-0.39, 0.29) is 0 Å². The average Bonchev–Trinajstić information content (AvgIpc) is 2.70. The fraction of sp³-hybridized carbons (Fsp3) is 0.125. The fourth-order valence-corrected chi connectivity index (χ4v) is 1.53. The van der Waals surface area contributed by atoms with E-state index in [1.165, 1.54) is 0 Å². The molecule has 0 radical (unpaired) electrons. The summed E-state index contributed by atoms with van der Waals surface area (Å²) in [6.45, 7) is 0.465. The maximum Gasteiger partial charge on any atom is 0.316 e. The third-order valence-electron chi connectivity index (χ3n) is 1.42. The number of hydrogen-bond donors (Lipinski definition) is 0. The van der Waals surface area contributed by atoms with Crippen molar-refractivity contribution in [3.8, 4) is 6.01 Å². The zero-order valence-corrected chi connectivity index (χ0v) is 9.46. The molecule has 72 valence electrons. The first kappa shape index (κ1) is 9.54. The van der Waals surface area contributed by atoms with Crippen molar-refractivity contribution in [2.75, 3.05) is 0 Å². The van der Waals surface area contributed by atoms with E-state index >= 15 is 0 Å². The molecule has 6 heteroatoms. The van der Waals surface area contributed by atoms with Gasteiger partial charge in [-0.1, -0.05) is 0 Å². The lowest BCUT2D eigenvalue weighted by atomic mass is 10.6. The third-order valence-corrected chi connectivity index (χ3v) is 2.59. The first-order valence-electron chi connectivity index (χ1n) is 3.82. The first-order chi connectivity index (χ1) is 6.84. The zero-order chi connectivity index (χ0) is 9.80. The molecule has 0 N–H and O–H groups in total. The molecule has 0 spiro atoms. The molecule has 2 aromatic rings. The number of rotatable bonds is 3. The van der Waals surface area contributed by atoms with Crippen LogP contribution >= 0.6 is 27.3 Å². The molecule has 0 aromatic carbocycles. The van der Waals surface area contributed by atoms with Gasteiger partial charge in [0.05, 0.1) is 14.9 Å². The average molecular weight is 272 g/mol. The summed E-state index contributed by atoms with van der Waals surface area (Å²) in [5.41, 5.74) is 1.77. The van der Waals surface area contributed by atoms with Gasteiger partial charge in [-0.3, -0.25) is 4.98 Å². The zero-order valence-electron chi connectivity index (χ0n) is 7.05. The Balaban J connectivity index is 1.95. The number of aromatic nitrogens is 3. The van der Waals surface area contributed by atoms with E-state index in [0.717, 1.165) is 9.35 Å². The van der Waals surface area contributed by atoms with Gasteiger partial charge >= 0.3 is 6.01 Å². The van der Waals surface area contributed by atoms with Gasteiger partial charge in [0, 0.05) is 18.6 Å². The molecule has 2 heterocycles. The Morgan fingerprint density at radius 1 is 1.29 bits per heavy atom. The highest BCUT2D eigenvalue weighted by Gasteiger charge is 1.99. The molecule has 0 aliphatic heterocycles. The molecule has 2 rings (SSSR count). The molecule has 4 nitrogen and oxygen atoms in total. The van der Waals surface area contributed by atoms with E-state index in [4.69, 9.17) is 4.74 Å². The molecule has 0 saturated carbocycles. The molecule has 0 saturated heterocycles. The Morgan fingerprint density at radius 2 is 2.07 bits per heavy atom. The van der Waals surface area contributed by atoms with Crippen LogP contribution in [0.2, 0.25) is 0 Å². The lowest BCUT2D eigenvalue weighted by molar-refractivity contribution is 0.283. The Bertz CT molecular complexity index is 389. The number of thiazole rings is 1. The van der Waals surface area contributed by atoms with Crippen LogP contribution in [0.3, 0.4) is 0 Å². The number of ether oxygens (including phenoxy) is 1. The minimum absolute atomic E-state index is 0.376. The summed E-state index contributed by atoms with van der Waals surface area (Å²) in [4.78, 5) is 13.0. The summed E-state index contributed by atoms with van der Waals surface area (Å²) in [5.74, 6) is 0. The van der Waals surface area contributed by atoms with Gasteiger partial charge in [0.25, 0.3) is 0 Å². The quantitative estimate of drug-likeness (QED) is 0.860. The van der Waals surface area contributed by atoms with Gasteiger partial charge in [0.15, 0.2) is 0 Å². The number of hydrogen-bond acceptors (Lipinski definition) is 5. The Kier molecular flexibility index (Phi) is 3.05. The number of nitrogens with zero attached hydrogens (tertiary/aromatic N) is 3. The molecule has 2 aromatic heterocycles. The van der Waals surface area contributed by atoms with Crippen LogP contribution in [0, 0.1) is 0 Å². The largest absolute Gasteiger partial charge is 0.458 e. The van der Waals surface area contributed by atoms with Crippen molar-refractivity contribution in [1.29, 1.82) is 0 Å². The van der Waals surface area contributed by atoms with Crippen LogP contribution in [0.15, 0.2) is 28.6 Å². The molecule has 0 fully saturated rings. The highest BCUT2D eigenvalue weighted by Crippen LogP contribution is 2.11. The molecule has 0 amide bonds. The van der Waals surface area contributed by atoms with Crippen LogP contribution in [0.25, 0.3) is 0 Å². The van der Waals surface area contributed by atoms with E-state index in [1.54, 1.807) is 35.4 Å². The van der Waals surface area contributed by atoms with Crippen LogP contribution < -0.4 is 4.74 Å². The highest BCUT2D eigenvalue weighted by atomic mass is 79.9. The lowest BCUT2D eigenvalue weighted by Gasteiger charge is -2.00. The Hall–Kier alpha value is -1.01. The topological polar surface area (TPSA) is 47.9 Å². The summed E-state index contributed by atoms with van der Waals surface area (Å²) < 4.78 is 6.17. The van der Waals surface area contributed by atoms with Crippen LogP contribution in [0.5, 0.6) is 6.01 Å². The molecule has 0 aliphatic carbocycles. The SMILES string of the molecule is Brc1cnc(OCc2cncs2)nc1. The maximum absolute atomic E-state index is 5.33. The van der Waals surface area contributed by atoms with Crippen LogP contribution in [-0.2, 0) is 6.61 Å². The van der Waals surface area contributed by atoms with Crippen LogP contribution in [-0.4, -0.2) is 15.0 Å². The Morgan fingerprint density at radius 3 is 2.71 bits per heavy atom. The van der Waals surface area contributed by atoms with Crippen LogP contribution in [0.4, 0.5) is 0 Å². The Labute approximate surface area is 93.1 Å². The smallest absolute Gasteiger partial charge is 0.316 e. The molecule has 14 heavy (non-hydrogen) atoms. The van der Waals surface area contributed by atoms with E-state index in [9.17, 15) is 0 Å². The molecule has 0 atom stereocenters. The predicted molar refractivity (Wildman–Crippen MR) is 56.2 cm³/mol. The predicted octanol–water partition coefficient (Wildman–Crippen LogP) is 2.27. The van der Waals surface area contributed by atoms with Crippen molar-refractivity contribution in [3.05, 3.63) is 33.5 Å². The molecular formula is C8H6BrN3OS. The third kappa shape index (κ3) is 2.49. The van der Waals surface area contributed by atoms with Crippen molar-refractivity contribution in [1.82, 2.24) is 15.0 Å². The van der Waals surface area contributed by atoms with Crippen molar-refractivity contribution in [2.24, 2.45) is 0 Å². The summed E-state index contributed by atoms with van der Waals surface area (Å²) in [7, 11) is 0. The second kappa shape index (κ2) is 4.47. The highest BCUT2D eigenvalue weighted by molar-refractivity contribution is 9.10. The lowest BCUT2D eigenvalue weighted by Crippen LogP contribution is -1.97. The summed E-state index contributed by atoms with van der Waals surface area (Å²) in [5, 5.41) is 0. The molecule has 0 aliphatic rings. The second-order valence-corrected chi connectivity index (χ2v) is 4.33. The van der Waals surface area contributed by atoms with Crippen LogP contribution in [0.1, 0.15) is 4.88 Å². The van der Waals surface area contributed by atoms with Gasteiger partial charge in [0.2, 0.25) is 0 Å². The van der Waals surface area contributed by atoms with Crippen molar-refractivity contribution < 1.29 is 4.74 Å². The summed E-state index contributed by atoms with van der Waals surface area (Å²) >= 11 is 4.79. The normalized spacial score (nSPS) is 10.1. The van der Waals surface area contributed by atoms with E-state index in [0.29, 0.717) is 12.6 Å². The van der Waals surface area contributed by atoms with E-state index in [2.05, 4.69) is 30.9 Å². The van der Waals surface area contributed by atoms with Crippen molar-refractivity contribution in [2.45, 2.75) is 6.61 Å². The van der Waals surface area contributed by atoms with Gasteiger partial charge in [-0.25, -0.2) is 9.97 Å². The van der Waals surface area contributed by atoms with Gasteiger partial charge in [-0.15, -0.1) is 11.3 Å². The van der Waals surface area contributed by atoms with Crippen molar-refractivity contribution >= 4 is 27.3 Å². The fourth-order valence-electron chi connectivity index (χ4n) is 0.824. The summed E-state index contributed by atoms with van der Waals surface area (Å²) in [6.07, 6.45) is 5.06. The van der Waals surface area contributed by atoms with Gasteiger partial charge < -0.3 is 4.74 Å². The van der Waals surface area contributed by atoms with Crippen molar-refractivity contribution in [3.63, 3.8) is 0 Å². The summed E-state index contributed by atoms with van der Waals surface area (Å²) in [6, 6.07) is 0.376. The van der Waals surface area contributed by atoms with Gasteiger partial charge in [-0.05, 0) is 15.9 Å². The van der Waals surface area contributed by atoms with E-state index in [1.807, 2.05) is 0 Å². The number of halogens is 1. The molecular weight excluding hydrogens is 266 g/mol. The minimum Gasteiger partial charge on any atom is -0.458 e. The molecule has 0 bridgehead atoms. The monoisotopic (exact) mass is 271 g/mol. The van der Waals surface area contributed by atoms with E-state index < -0.39 is 0 Å². The molecule has 0 unspecified atom stereocenters. The first-order valence-corrected chi connectivity index (χ1v) is 5.49. The second-order valence-electron chi connectivity index (χ2n) is 2.44. The maximum atomic E-state index is 5.33. The standard InChI is InChI=1S/C8H6BrN3OS/c9-6-1-11-8(12-2-6)13-4-7-3-10-5-14-7/h1-3,5H,4H2. The minimum atomic E-state index is 0.376. The van der Waals surface area contributed by atoms with Gasteiger partial charge in [-0.2, -0.15) is 0 Å².